The lowest BCUT2D eigenvalue weighted by Gasteiger charge is -2.30. The molecule has 0 aromatic heterocycles. The number of nitrogens with one attached hydrogen (secondary N) is 1. The molecule has 1 aliphatic rings. The SMILES string of the molecule is COc1ccc(C2(CNS(=O)(=O)c3c(C)cc(C)cc3C)CCCC2)cc1. The van der Waals surface area contributed by atoms with Crippen molar-refractivity contribution in [1.82, 2.24) is 4.72 Å². The number of methoxy groups -OCH3 is 1. The second-order valence-electron chi connectivity index (χ2n) is 7.77. The van der Waals surface area contributed by atoms with E-state index in [1.165, 1.54) is 5.56 Å². The van der Waals surface area contributed by atoms with Crippen LogP contribution in [0.25, 0.3) is 0 Å². The number of hydrogen-bond acceptors (Lipinski definition) is 3. The third-order valence-corrected chi connectivity index (χ3v) is 7.44. The van der Waals surface area contributed by atoms with Gasteiger partial charge in [-0.05, 0) is 62.4 Å². The Labute approximate surface area is 163 Å². The van der Waals surface area contributed by atoms with Crippen LogP contribution in [0.1, 0.15) is 47.9 Å². The number of aryl methyl sites for hydroxylation is 3. The van der Waals surface area contributed by atoms with Crippen molar-refractivity contribution in [2.24, 2.45) is 0 Å². The Hall–Kier alpha value is -1.85. The molecule has 0 aliphatic heterocycles. The second-order valence-corrected chi connectivity index (χ2v) is 9.47. The molecule has 0 radical (unpaired) electrons. The molecule has 1 fully saturated rings. The van der Waals surface area contributed by atoms with Crippen LogP contribution in [0.2, 0.25) is 0 Å². The van der Waals surface area contributed by atoms with Crippen molar-refractivity contribution in [3.8, 4) is 5.75 Å². The highest BCUT2D eigenvalue weighted by Crippen LogP contribution is 2.41. The average Bonchev–Trinajstić information content (AvgIpc) is 3.09. The Morgan fingerprint density at radius 2 is 1.56 bits per heavy atom. The fraction of sp³-hybridized carbons (Fsp3) is 0.455. The first kappa shape index (κ1) is 19.9. The Balaban J connectivity index is 1.88. The van der Waals surface area contributed by atoms with Crippen LogP contribution in [-0.2, 0) is 15.4 Å². The molecule has 3 rings (SSSR count). The van der Waals surface area contributed by atoms with Gasteiger partial charge in [0, 0.05) is 12.0 Å². The molecule has 0 spiro atoms. The van der Waals surface area contributed by atoms with Gasteiger partial charge in [0.25, 0.3) is 0 Å². The quantitative estimate of drug-likeness (QED) is 0.799. The van der Waals surface area contributed by atoms with Crippen molar-refractivity contribution in [2.45, 2.75) is 56.8 Å². The lowest BCUT2D eigenvalue weighted by molar-refractivity contribution is 0.410. The van der Waals surface area contributed by atoms with Gasteiger partial charge in [0.05, 0.1) is 12.0 Å². The monoisotopic (exact) mass is 387 g/mol. The van der Waals surface area contributed by atoms with E-state index < -0.39 is 10.0 Å². The van der Waals surface area contributed by atoms with E-state index in [1.54, 1.807) is 7.11 Å². The van der Waals surface area contributed by atoms with Crippen LogP contribution in [0, 0.1) is 20.8 Å². The van der Waals surface area contributed by atoms with Crippen LogP contribution in [-0.4, -0.2) is 22.1 Å². The van der Waals surface area contributed by atoms with Crippen molar-refractivity contribution in [3.63, 3.8) is 0 Å². The standard InChI is InChI=1S/C22H29NO3S/c1-16-13-17(2)21(18(3)14-16)27(24,25)23-15-22(11-5-6-12-22)19-7-9-20(26-4)10-8-19/h7-10,13-14,23H,5-6,11-12,15H2,1-4H3. The van der Waals surface area contributed by atoms with Crippen molar-refractivity contribution in [2.75, 3.05) is 13.7 Å². The maximum absolute atomic E-state index is 13.1. The Bertz CT molecular complexity index is 888. The summed E-state index contributed by atoms with van der Waals surface area (Å²) in [5.41, 5.74) is 3.71. The molecule has 1 aliphatic carbocycles. The number of benzene rings is 2. The van der Waals surface area contributed by atoms with Crippen molar-refractivity contribution < 1.29 is 13.2 Å². The summed E-state index contributed by atoms with van der Waals surface area (Å²) in [5, 5.41) is 0. The predicted molar refractivity (Wildman–Crippen MR) is 109 cm³/mol. The second kappa shape index (κ2) is 7.64. The molecule has 0 heterocycles. The van der Waals surface area contributed by atoms with Crippen molar-refractivity contribution in [1.29, 1.82) is 0 Å². The summed E-state index contributed by atoms with van der Waals surface area (Å²) in [6.07, 6.45) is 4.23. The molecule has 2 aromatic carbocycles. The Morgan fingerprint density at radius 1 is 1.00 bits per heavy atom. The maximum atomic E-state index is 13.1. The van der Waals surface area contributed by atoms with Gasteiger partial charge in [-0.3, -0.25) is 0 Å². The van der Waals surface area contributed by atoms with Crippen LogP contribution in [0.5, 0.6) is 5.75 Å². The lowest BCUT2D eigenvalue weighted by Crippen LogP contribution is -2.39. The van der Waals surface area contributed by atoms with E-state index in [1.807, 2.05) is 45.0 Å². The highest BCUT2D eigenvalue weighted by molar-refractivity contribution is 7.89. The molecule has 27 heavy (non-hydrogen) atoms. The van der Waals surface area contributed by atoms with E-state index in [4.69, 9.17) is 4.74 Å². The molecule has 0 unspecified atom stereocenters. The summed E-state index contributed by atoms with van der Waals surface area (Å²) in [6.45, 7) is 6.14. The lowest BCUT2D eigenvalue weighted by atomic mass is 9.79. The van der Waals surface area contributed by atoms with Gasteiger partial charge in [0.1, 0.15) is 5.75 Å². The van der Waals surface area contributed by atoms with Gasteiger partial charge < -0.3 is 4.74 Å². The first-order valence-electron chi connectivity index (χ1n) is 9.49. The molecule has 4 nitrogen and oxygen atoms in total. The fourth-order valence-electron chi connectivity index (χ4n) is 4.46. The van der Waals surface area contributed by atoms with E-state index in [0.717, 1.165) is 48.1 Å². The van der Waals surface area contributed by atoms with Gasteiger partial charge in [-0.2, -0.15) is 0 Å². The topological polar surface area (TPSA) is 55.4 Å². The van der Waals surface area contributed by atoms with E-state index >= 15 is 0 Å². The van der Waals surface area contributed by atoms with Crippen molar-refractivity contribution >= 4 is 10.0 Å². The molecule has 1 N–H and O–H groups in total. The van der Waals surface area contributed by atoms with E-state index in [2.05, 4.69) is 16.9 Å². The molecule has 0 amide bonds. The first-order chi connectivity index (χ1) is 12.8. The summed E-state index contributed by atoms with van der Waals surface area (Å²) >= 11 is 0. The minimum absolute atomic E-state index is 0.147. The van der Waals surface area contributed by atoms with Gasteiger partial charge in [-0.25, -0.2) is 13.1 Å². The van der Waals surface area contributed by atoms with Gasteiger partial charge >= 0.3 is 0 Å². The fourth-order valence-corrected chi connectivity index (χ4v) is 6.04. The molecule has 146 valence electrons. The number of sulfonamides is 1. The molecule has 0 saturated heterocycles. The molecule has 2 aromatic rings. The summed E-state index contributed by atoms with van der Waals surface area (Å²) in [7, 11) is -1.91. The minimum Gasteiger partial charge on any atom is -0.497 e. The van der Waals surface area contributed by atoms with Crippen LogP contribution in [0.4, 0.5) is 0 Å². The minimum atomic E-state index is -3.56. The normalized spacial score (nSPS) is 16.4. The predicted octanol–water partition coefficient (Wildman–Crippen LogP) is 4.41. The zero-order valence-electron chi connectivity index (χ0n) is 16.6. The van der Waals surface area contributed by atoms with Gasteiger partial charge in [0.15, 0.2) is 0 Å². The van der Waals surface area contributed by atoms with Crippen LogP contribution < -0.4 is 9.46 Å². The average molecular weight is 388 g/mol. The van der Waals surface area contributed by atoms with E-state index in [-0.39, 0.29) is 5.41 Å². The summed E-state index contributed by atoms with van der Waals surface area (Å²) in [6, 6.07) is 11.9. The number of rotatable bonds is 6. The smallest absolute Gasteiger partial charge is 0.241 e. The third kappa shape index (κ3) is 4.04. The molecule has 0 bridgehead atoms. The highest BCUT2D eigenvalue weighted by atomic mass is 32.2. The number of hydrogen-bond donors (Lipinski definition) is 1. The van der Waals surface area contributed by atoms with Gasteiger partial charge in [-0.15, -0.1) is 0 Å². The summed E-state index contributed by atoms with van der Waals surface area (Å²) in [4.78, 5) is 0.413. The molecular weight excluding hydrogens is 358 g/mol. The van der Waals surface area contributed by atoms with E-state index in [0.29, 0.717) is 11.4 Å². The van der Waals surface area contributed by atoms with Crippen LogP contribution in [0.15, 0.2) is 41.3 Å². The molecule has 1 saturated carbocycles. The van der Waals surface area contributed by atoms with Crippen molar-refractivity contribution in [3.05, 3.63) is 58.7 Å². The zero-order valence-corrected chi connectivity index (χ0v) is 17.4. The summed E-state index contributed by atoms with van der Waals surface area (Å²) < 4.78 is 34.4. The van der Waals surface area contributed by atoms with Crippen LogP contribution >= 0.6 is 0 Å². The van der Waals surface area contributed by atoms with Gasteiger partial charge in [-0.1, -0.05) is 42.7 Å². The largest absolute Gasteiger partial charge is 0.497 e. The summed E-state index contributed by atoms with van der Waals surface area (Å²) in [5.74, 6) is 0.818. The molecule has 0 atom stereocenters. The highest BCUT2D eigenvalue weighted by Gasteiger charge is 2.37. The van der Waals surface area contributed by atoms with E-state index in [9.17, 15) is 8.42 Å². The Morgan fingerprint density at radius 3 is 2.07 bits per heavy atom. The zero-order chi connectivity index (χ0) is 19.7. The Kier molecular flexibility index (Phi) is 5.63. The maximum Gasteiger partial charge on any atom is 0.241 e. The van der Waals surface area contributed by atoms with Gasteiger partial charge in [0.2, 0.25) is 10.0 Å². The first-order valence-corrected chi connectivity index (χ1v) is 11.0. The molecule has 5 heteroatoms. The van der Waals surface area contributed by atoms with Crippen LogP contribution in [0.3, 0.4) is 0 Å². The number of ether oxygens (including phenoxy) is 1. The molecular formula is C22H29NO3S. The third-order valence-electron chi connectivity index (χ3n) is 5.74.